The predicted molar refractivity (Wildman–Crippen MR) is 113 cm³/mol. The topological polar surface area (TPSA) is 71.8 Å². The normalized spacial score (nSPS) is 16.1. The lowest BCUT2D eigenvalue weighted by molar-refractivity contribution is -0.117. The number of para-hydroxylation sites is 1. The van der Waals surface area contributed by atoms with E-state index in [2.05, 4.69) is 17.4 Å². The van der Waals surface area contributed by atoms with Gasteiger partial charge in [-0.3, -0.25) is 14.5 Å². The standard InChI is InChI=1S/C24H24N2O4/c27-22-17-29-24(26(22)19-12-5-2-6-13-19)21-15-14-20(30-21)23(28)25-16-8-7-11-18-9-3-1-4-10-18/h1-6,9-10,12-15,24H,7-8,11,16-17H2,(H,25,28). The van der Waals surface area contributed by atoms with Gasteiger partial charge in [0.2, 0.25) is 0 Å². The molecule has 1 atom stereocenters. The predicted octanol–water partition coefficient (Wildman–Crippen LogP) is 4.09. The van der Waals surface area contributed by atoms with Gasteiger partial charge in [0, 0.05) is 12.2 Å². The number of nitrogens with zero attached hydrogens (tertiary/aromatic N) is 1. The number of carbonyl (C=O) groups excluding carboxylic acids is 2. The highest BCUT2D eigenvalue weighted by molar-refractivity contribution is 5.96. The highest BCUT2D eigenvalue weighted by Crippen LogP contribution is 2.33. The van der Waals surface area contributed by atoms with Gasteiger partial charge >= 0.3 is 0 Å². The smallest absolute Gasteiger partial charge is 0.286 e. The first-order valence-electron chi connectivity index (χ1n) is 10.1. The van der Waals surface area contributed by atoms with Crippen molar-refractivity contribution in [3.63, 3.8) is 0 Å². The molecule has 2 heterocycles. The van der Waals surface area contributed by atoms with Gasteiger partial charge in [-0.2, -0.15) is 0 Å². The van der Waals surface area contributed by atoms with E-state index in [0.29, 0.717) is 12.3 Å². The molecule has 4 rings (SSSR count). The first-order valence-corrected chi connectivity index (χ1v) is 10.1. The molecule has 1 N–H and O–H groups in total. The van der Waals surface area contributed by atoms with Crippen LogP contribution < -0.4 is 10.2 Å². The van der Waals surface area contributed by atoms with Gasteiger partial charge in [0.05, 0.1) is 0 Å². The van der Waals surface area contributed by atoms with Crippen LogP contribution in [0.3, 0.4) is 0 Å². The van der Waals surface area contributed by atoms with Gasteiger partial charge in [-0.1, -0.05) is 48.5 Å². The van der Waals surface area contributed by atoms with Gasteiger partial charge in [0.15, 0.2) is 17.7 Å². The molecule has 0 aliphatic carbocycles. The fraction of sp³-hybridized carbons (Fsp3) is 0.250. The average Bonchev–Trinajstić information content (AvgIpc) is 3.41. The monoisotopic (exact) mass is 404 g/mol. The Morgan fingerprint density at radius 2 is 1.70 bits per heavy atom. The van der Waals surface area contributed by atoms with Crippen LogP contribution in [0.25, 0.3) is 0 Å². The molecule has 0 radical (unpaired) electrons. The quantitative estimate of drug-likeness (QED) is 0.574. The fourth-order valence-corrected chi connectivity index (χ4v) is 3.50. The molecule has 1 saturated heterocycles. The molecule has 0 spiro atoms. The molecule has 30 heavy (non-hydrogen) atoms. The van der Waals surface area contributed by atoms with E-state index >= 15 is 0 Å². The van der Waals surface area contributed by atoms with Gasteiger partial charge in [0.1, 0.15) is 6.61 Å². The third-order valence-electron chi connectivity index (χ3n) is 5.02. The van der Waals surface area contributed by atoms with Crippen LogP contribution in [0, 0.1) is 0 Å². The fourth-order valence-electron chi connectivity index (χ4n) is 3.50. The van der Waals surface area contributed by atoms with E-state index in [1.165, 1.54) is 5.56 Å². The van der Waals surface area contributed by atoms with Crippen molar-refractivity contribution in [2.24, 2.45) is 0 Å². The number of anilines is 1. The maximum absolute atomic E-state index is 12.4. The first kappa shape index (κ1) is 19.9. The van der Waals surface area contributed by atoms with Crippen molar-refractivity contribution in [1.82, 2.24) is 5.32 Å². The SMILES string of the molecule is O=C(NCCCCc1ccccc1)c1ccc(C2OCC(=O)N2c2ccccc2)o1. The van der Waals surface area contributed by atoms with E-state index < -0.39 is 6.23 Å². The van der Waals surface area contributed by atoms with E-state index in [1.54, 1.807) is 17.0 Å². The van der Waals surface area contributed by atoms with Crippen LogP contribution >= 0.6 is 0 Å². The molecular weight excluding hydrogens is 380 g/mol. The van der Waals surface area contributed by atoms with Crippen LogP contribution in [0.4, 0.5) is 5.69 Å². The van der Waals surface area contributed by atoms with Gasteiger partial charge in [0.25, 0.3) is 11.8 Å². The van der Waals surface area contributed by atoms with Gasteiger partial charge < -0.3 is 14.5 Å². The maximum atomic E-state index is 12.4. The number of rotatable bonds is 8. The minimum Gasteiger partial charge on any atom is -0.451 e. The number of benzene rings is 2. The highest BCUT2D eigenvalue weighted by Gasteiger charge is 2.36. The first-order chi connectivity index (χ1) is 14.7. The molecule has 2 amide bonds. The molecule has 2 aromatic carbocycles. The summed E-state index contributed by atoms with van der Waals surface area (Å²) in [6.45, 7) is 0.555. The third kappa shape index (κ3) is 4.60. The summed E-state index contributed by atoms with van der Waals surface area (Å²) < 4.78 is 11.3. The Hall–Kier alpha value is -3.38. The molecule has 1 aliphatic rings. The van der Waals surface area contributed by atoms with Crippen LogP contribution in [0.15, 0.2) is 77.2 Å². The number of amides is 2. The summed E-state index contributed by atoms with van der Waals surface area (Å²) in [4.78, 5) is 26.2. The van der Waals surface area contributed by atoms with Crippen molar-refractivity contribution in [3.8, 4) is 0 Å². The number of unbranched alkanes of at least 4 members (excludes halogenated alkanes) is 1. The lowest BCUT2D eigenvalue weighted by Gasteiger charge is -2.21. The Balaban J connectivity index is 1.31. The van der Waals surface area contributed by atoms with Crippen molar-refractivity contribution in [3.05, 3.63) is 89.9 Å². The number of ether oxygens (including phenoxy) is 1. The highest BCUT2D eigenvalue weighted by atomic mass is 16.5. The molecular formula is C24H24N2O4. The summed E-state index contributed by atoms with van der Waals surface area (Å²) in [5.74, 6) is 0.228. The Kier molecular flexibility index (Phi) is 6.25. The Labute approximate surface area is 175 Å². The summed E-state index contributed by atoms with van der Waals surface area (Å²) in [6.07, 6.45) is 2.20. The molecule has 0 bridgehead atoms. The summed E-state index contributed by atoms with van der Waals surface area (Å²) in [5, 5.41) is 2.89. The summed E-state index contributed by atoms with van der Waals surface area (Å²) in [5.41, 5.74) is 2.03. The van der Waals surface area contributed by atoms with Crippen LogP contribution in [-0.2, 0) is 16.0 Å². The van der Waals surface area contributed by atoms with Crippen LogP contribution in [0.1, 0.15) is 40.9 Å². The summed E-state index contributed by atoms with van der Waals surface area (Å²) in [7, 11) is 0. The van der Waals surface area contributed by atoms with E-state index in [1.807, 2.05) is 48.5 Å². The van der Waals surface area contributed by atoms with Crippen LogP contribution in [-0.4, -0.2) is 25.0 Å². The second-order valence-electron chi connectivity index (χ2n) is 7.16. The minimum atomic E-state index is -0.674. The maximum Gasteiger partial charge on any atom is 0.286 e. The number of furan rings is 1. The summed E-state index contributed by atoms with van der Waals surface area (Å²) in [6, 6.07) is 22.9. The zero-order valence-corrected chi connectivity index (χ0v) is 16.6. The van der Waals surface area contributed by atoms with E-state index in [0.717, 1.165) is 24.9 Å². The van der Waals surface area contributed by atoms with Crippen LogP contribution in [0.2, 0.25) is 0 Å². The molecule has 1 fully saturated rings. The second-order valence-corrected chi connectivity index (χ2v) is 7.16. The van der Waals surface area contributed by atoms with Crippen molar-refractivity contribution in [2.75, 3.05) is 18.1 Å². The number of aryl methyl sites for hydroxylation is 1. The third-order valence-corrected chi connectivity index (χ3v) is 5.02. The van der Waals surface area contributed by atoms with Crippen molar-refractivity contribution >= 4 is 17.5 Å². The van der Waals surface area contributed by atoms with Crippen molar-refractivity contribution in [2.45, 2.75) is 25.5 Å². The number of hydrogen-bond donors (Lipinski definition) is 1. The molecule has 1 unspecified atom stereocenters. The Morgan fingerprint density at radius 3 is 2.47 bits per heavy atom. The average molecular weight is 404 g/mol. The van der Waals surface area contributed by atoms with Gasteiger partial charge in [-0.25, -0.2) is 0 Å². The Bertz CT molecular complexity index is 985. The molecule has 6 heteroatoms. The van der Waals surface area contributed by atoms with Crippen LogP contribution in [0.5, 0.6) is 0 Å². The minimum absolute atomic E-state index is 0.0246. The lowest BCUT2D eigenvalue weighted by Crippen LogP contribution is -2.28. The Morgan fingerprint density at radius 1 is 0.967 bits per heavy atom. The molecule has 154 valence electrons. The van der Waals surface area contributed by atoms with E-state index in [9.17, 15) is 9.59 Å². The molecule has 1 aromatic heterocycles. The van der Waals surface area contributed by atoms with E-state index in [-0.39, 0.29) is 24.2 Å². The molecule has 1 aliphatic heterocycles. The van der Waals surface area contributed by atoms with E-state index in [4.69, 9.17) is 9.15 Å². The number of nitrogens with one attached hydrogen (secondary N) is 1. The van der Waals surface area contributed by atoms with Crippen molar-refractivity contribution < 1.29 is 18.7 Å². The molecule has 3 aromatic rings. The second kappa shape index (κ2) is 9.41. The van der Waals surface area contributed by atoms with Gasteiger partial charge in [-0.05, 0) is 49.1 Å². The zero-order chi connectivity index (χ0) is 20.8. The molecule has 6 nitrogen and oxygen atoms in total. The van der Waals surface area contributed by atoms with Crippen molar-refractivity contribution in [1.29, 1.82) is 0 Å². The largest absolute Gasteiger partial charge is 0.451 e. The number of hydrogen-bond acceptors (Lipinski definition) is 4. The summed E-state index contributed by atoms with van der Waals surface area (Å²) >= 11 is 0. The molecule has 0 saturated carbocycles. The zero-order valence-electron chi connectivity index (χ0n) is 16.6. The number of carbonyl (C=O) groups is 2. The van der Waals surface area contributed by atoms with Gasteiger partial charge in [-0.15, -0.1) is 0 Å². The lowest BCUT2D eigenvalue weighted by atomic mass is 10.1.